The van der Waals surface area contributed by atoms with Crippen LogP contribution >= 0.6 is 11.6 Å². The number of nitrogens with one attached hydrogen (secondary N) is 1. The van der Waals surface area contributed by atoms with Crippen molar-refractivity contribution in [3.63, 3.8) is 0 Å². The first-order chi connectivity index (χ1) is 9.95. The van der Waals surface area contributed by atoms with E-state index in [0.717, 1.165) is 10.6 Å². The van der Waals surface area contributed by atoms with Crippen molar-refractivity contribution in [3.05, 3.63) is 34.9 Å². The summed E-state index contributed by atoms with van der Waals surface area (Å²) in [6.45, 7) is 7.71. The van der Waals surface area contributed by atoms with Crippen LogP contribution in [-0.2, 0) is 9.53 Å². The highest BCUT2D eigenvalue weighted by molar-refractivity contribution is 6.30. The summed E-state index contributed by atoms with van der Waals surface area (Å²) in [5.74, 6) is 0.123. The lowest BCUT2D eigenvalue weighted by molar-refractivity contribution is -0.142. The molecule has 3 unspecified atom stereocenters. The molecule has 1 aliphatic rings. The third-order valence-electron chi connectivity index (χ3n) is 3.70. The van der Waals surface area contributed by atoms with Gasteiger partial charge >= 0.3 is 0 Å². The van der Waals surface area contributed by atoms with Crippen LogP contribution in [0.15, 0.2) is 24.3 Å². The average Bonchev–Trinajstić information content (AvgIpc) is 2.44. The van der Waals surface area contributed by atoms with Crippen molar-refractivity contribution < 1.29 is 9.53 Å². The first-order valence-electron chi connectivity index (χ1n) is 7.37. The Kier molecular flexibility index (Phi) is 5.62. The highest BCUT2D eigenvalue weighted by atomic mass is 35.5. The number of hydrogen-bond donors (Lipinski definition) is 1. The maximum Gasteiger partial charge on any atom is 0.236 e. The summed E-state index contributed by atoms with van der Waals surface area (Å²) >= 11 is 5.88. The molecule has 116 valence electrons. The molecule has 5 heteroatoms. The lowest BCUT2D eigenvalue weighted by atomic mass is 10.1. The molecule has 0 bridgehead atoms. The monoisotopic (exact) mass is 310 g/mol. The number of carbonyl (C=O) groups is 1. The maximum atomic E-state index is 12.3. The number of benzene rings is 1. The Morgan fingerprint density at radius 1 is 1.33 bits per heavy atom. The third kappa shape index (κ3) is 4.70. The quantitative estimate of drug-likeness (QED) is 0.929. The van der Waals surface area contributed by atoms with Gasteiger partial charge in [-0.1, -0.05) is 23.7 Å². The standard InChI is InChI=1S/C16H23ClN2O2/c1-11-9-19(10-12(2)21-11)16(20)8-18-13(3)14-4-6-15(17)7-5-14/h4-7,11-13,18H,8-10H2,1-3H3. The van der Waals surface area contributed by atoms with E-state index in [4.69, 9.17) is 16.3 Å². The van der Waals surface area contributed by atoms with E-state index in [1.807, 2.05) is 49.9 Å². The lowest BCUT2D eigenvalue weighted by Gasteiger charge is -2.35. The summed E-state index contributed by atoms with van der Waals surface area (Å²) in [6, 6.07) is 7.79. The van der Waals surface area contributed by atoms with Crippen LogP contribution in [0.5, 0.6) is 0 Å². The van der Waals surface area contributed by atoms with Gasteiger partial charge in [0.1, 0.15) is 0 Å². The summed E-state index contributed by atoms with van der Waals surface area (Å²) < 4.78 is 5.65. The Labute approximate surface area is 131 Å². The highest BCUT2D eigenvalue weighted by Gasteiger charge is 2.25. The first-order valence-corrected chi connectivity index (χ1v) is 7.75. The number of hydrogen-bond acceptors (Lipinski definition) is 3. The van der Waals surface area contributed by atoms with E-state index >= 15 is 0 Å². The SMILES string of the molecule is CC1CN(C(=O)CNC(C)c2ccc(Cl)cc2)CC(C)O1. The minimum atomic E-state index is 0.103. The van der Waals surface area contributed by atoms with Gasteiger partial charge in [-0.2, -0.15) is 0 Å². The van der Waals surface area contributed by atoms with Crippen LogP contribution in [0.3, 0.4) is 0 Å². The Morgan fingerprint density at radius 3 is 2.48 bits per heavy atom. The summed E-state index contributed by atoms with van der Waals surface area (Å²) in [7, 11) is 0. The van der Waals surface area contributed by atoms with Gasteiger partial charge in [-0.15, -0.1) is 0 Å². The highest BCUT2D eigenvalue weighted by Crippen LogP contribution is 2.16. The zero-order valence-electron chi connectivity index (χ0n) is 12.8. The molecule has 1 aromatic rings. The van der Waals surface area contributed by atoms with Crippen LogP contribution in [0.4, 0.5) is 0 Å². The van der Waals surface area contributed by atoms with Crippen LogP contribution < -0.4 is 5.32 Å². The molecular formula is C16H23ClN2O2. The molecule has 2 rings (SSSR count). The smallest absolute Gasteiger partial charge is 0.236 e. The van der Waals surface area contributed by atoms with E-state index in [0.29, 0.717) is 19.6 Å². The average molecular weight is 311 g/mol. The molecule has 0 saturated carbocycles. The van der Waals surface area contributed by atoms with E-state index in [2.05, 4.69) is 5.32 Å². The number of rotatable bonds is 4. The molecule has 0 radical (unpaired) electrons. The van der Waals surface area contributed by atoms with Gasteiger partial charge in [0.2, 0.25) is 5.91 Å². The summed E-state index contributed by atoms with van der Waals surface area (Å²) in [4.78, 5) is 14.1. The number of ether oxygens (including phenoxy) is 1. The molecule has 1 saturated heterocycles. The van der Waals surface area contributed by atoms with Crippen molar-refractivity contribution in [1.29, 1.82) is 0 Å². The number of morpholine rings is 1. The molecule has 1 amide bonds. The predicted octanol–water partition coefficient (Wildman–Crippen LogP) is 2.63. The Morgan fingerprint density at radius 2 is 1.90 bits per heavy atom. The van der Waals surface area contributed by atoms with Crippen molar-refractivity contribution in [2.24, 2.45) is 0 Å². The summed E-state index contributed by atoms with van der Waals surface area (Å²) in [5, 5.41) is 3.99. The fraction of sp³-hybridized carbons (Fsp3) is 0.562. The van der Waals surface area contributed by atoms with Crippen molar-refractivity contribution in [2.45, 2.75) is 39.0 Å². The third-order valence-corrected chi connectivity index (χ3v) is 3.95. The van der Waals surface area contributed by atoms with Crippen LogP contribution in [0.1, 0.15) is 32.4 Å². The molecule has 0 aromatic heterocycles. The van der Waals surface area contributed by atoms with Crippen LogP contribution in [0, 0.1) is 0 Å². The van der Waals surface area contributed by atoms with E-state index in [1.165, 1.54) is 0 Å². The van der Waals surface area contributed by atoms with Crippen LogP contribution in [-0.4, -0.2) is 42.6 Å². The Bertz CT molecular complexity index is 468. The minimum absolute atomic E-state index is 0.103. The van der Waals surface area contributed by atoms with Crippen molar-refractivity contribution >= 4 is 17.5 Å². The molecule has 1 aromatic carbocycles. The van der Waals surface area contributed by atoms with Gasteiger partial charge in [-0.05, 0) is 38.5 Å². The van der Waals surface area contributed by atoms with E-state index in [9.17, 15) is 4.79 Å². The second kappa shape index (κ2) is 7.25. The molecule has 4 nitrogen and oxygen atoms in total. The number of nitrogens with zero attached hydrogens (tertiary/aromatic N) is 1. The van der Waals surface area contributed by atoms with Crippen LogP contribution in [0.25, 0.3) is 0 Å². The topological polar surface area (TPSA) is 41.6 Å². The Hall–Kier alpha value is -1.10. The summed E-state index contributed by atoms with van der Waals surface area (Å²) in [6.07, 6.45) is 0.206. The summed E-state index contributed by atoms with van der Waals surface area (Å²) in [5.41, 5.74) is 1.12. The second-order valence-electron chi connectivity index (χ2n) is 5.71. The van der Waals surface area contributed by atoms with Gasteiger partial charge in [-0.25, -0.2) is 0 Å². The first kappa shape index (κ1) is 16.3. The molecule has 21 heavy (non-hydrogen) atoms. The van der Waals surface area contributed by atoms with Crippen LogP contribution in [0.2, 0.25) is 5.02 Å². The van der Waals surface area contributed by atoms with Gasteiger partial charge in [0.15, 0.2) is 0 Å². The van der Waals surface area contributed by atoms with Gasteiger partial charge in [0.05, 0.1) is 18.8 Å². The number of amides is 1. The molecular weight excluding hydrogens is 288 g/mol. The zero-order valence-corrected chi connectivity index (χ0v) is 13.6. The van der Waals surface area contributed by atoms with E-state index in [-0.39, 0.29) is 24.2 Å². The minimum Gasteiger partial charge on any atom is -0.372 e. The number of carbonyl (C=O) groups excluding carboxylic acids is 1. The largest absolute Gasteiger partial charge is 0.372 e. The van der Waals surface area contributed by atoms with E-state index in [1.54, 1.807) is 0 Å². The molecule has 1 aliphatic heterocycles. The van der Waals surface area contributed by atoms with Crippen molar-refractivity contribution in [1.82, 2.24) is 10.2 Å². The van der Waals surface area contributed by atoms with Gasteiger partial charge in [-0.3, -0.25) is 4.79 Å². The molecule has 1 fully saturated rings. The molecule has 0 spiro atoms. The lowest BCUT2D eigenvalue weighted by Crippen LogP contribution is -2.50. The van der Waals surface area contributed by atoms with Gasteiger partial charge in [0.25, 0.3) is 0 Å². The number of halogens is 1. The van der Waals surface area contributed by atoms with Gasteiger partial charge < -0.3 is 15.0 Å². The fourth-order valence-electron chi connectivity index (χ4n) is 2.60. The fourth-order valence-corrected chi connectivity index (χ4v) is 2.73. The van der Waals surface area contributed by atoms with Crippen molar-refractivity contribution in [3.8, 4) is 0 Å². The molecule has 0 aliphatic carbocycles. The molecule has 3 atom stereocenters. The zero-order chi connectivity index (χ0) is 15.4. The molecule has 1 N–H and O–H groups in total. The second-order valence-corrected chi connectivity index (χ2v) is 6.15. The molecule has 1 heterocycles. The Balaban J connectivity index is 1.84. The maximum absolute atomic E-state index is 12.3. The predicted molar refractivity (Wildman–Crippen MR) is 84.5 cm³/mol. The normalized spacial score (nSPS) is 23.9. The van der Waals surface area contributed by atoms with Gasteiger partial charge in [0, 0.05) is 24.2 Å². The van der Waals surface area contributed by atoms with E-state index < -0.39 is 0 Å². The van der Waals surface area contributed by atoms with Crippen molar-refractivity contribution in [2.75, 3.05) is 19.6 Å².